The van der Waals surface area contributed by atoms with Crippen molar-refractivity contribution in [3.63, 3.8) is 0 Å². The molecule has 6 atom stereocenters. The van der Waals surface area contributed by atoms with E-state index in [2.05, 4.69) is 10.5 Å². The van der Waals surface area contributed by atoms with Gasteiger partial charge in [0.05, 0.1) is 30.7 Å². The zero-order valence-electron chi connectivity index (χ0n) is 28.2. The molecule has 1 unspecified atom stereocenters. The quantitative estimate of drug-likeness (QED) is 0.248. The minimum atomic E-state index is -5.07. The van der Waals surface area contributed by atoms with Gasteiger partial charge in [0, 0.05) is 24.7 Å². The van der Waals surface area contributed by atoms with E-state index in [0.29, 0.717) is 54.2 Å². The molecule has 3 N–H and O–H groups in total. The number of benzene rings is 3. The molecule has 52 heavy (non-hydrogen) atoms. The van der Waals surface area contributed by atoms with E-state index < -0.39 is 43.3 Å². The maximum atomic E-state index is 14.6. The summed E-state index contributed by atoms with van der Waals surface area (Å²) in [4.78, 5) is 80.2. The summed E-state index contributed by atoms with van der Waals surface area (Å²) in [6.45, 7) is 2.84. The van der Waals surface area contributed by atoms with Crippen LogP contribution in [0.15, 0.2) is 59.1 Å². The van der Waals surface area contributed by atoms with Crippen molar-refractivity contribution in [2.45, 2.75) is 68.8 Å². The zero-order chi connectivity index (χ0) is 36.5. The van der Waals surface area contributed by atoms with Crippen LogP contribution in [0, 0.1) is 6.92 Å². The third kappa shape index (κ3) is 6.15. The standard InChI is InChI=1S/C36H37FN5O9P/c1-19-2-9-30-27(12-19)31(39-51-30)36(46)40-11-10-24-7-8-29(35(45)41-16-26-15-25(41)18-50-26)42(24)34(44)28(17-40)38-33(43)22-6-4-20-3-5-21(13-23(20)14-22)32(37)52(47,48)49/h2-6,9,12-14,24-26,28-29,32H,7-8,10-11,15-18H2,1H3,(H,38,43)(H2,47,48,49)/t24-,25+,26+,28+,29+,32?/m1/s1. The van der Waals surface area contributed by atoms with E-state index in [-0.39, 0.29) is 54.0 Å². The number of hydrogen-bond donors (Lipinski definition) is 3. The van der Waals surface area contributed by atoms with Crippen LogP contribution in [0.25, 0.3) is 21.7 Å². The number of fused-ring (bicyclic) bond motifs is 5. The fourth-order valence-electron chi connectivity index (χ4n) is 8.12. The molecule has 4 amide bonds. The Morgan fingerprint density at radius 1 is 1.00 bits per heavy atom. The van der Waals surface area contributed by atoms with Gasteiger partial charge in [0.15, 0.2) is 11.3 Å². The lowest BCUT2D eigenvalue weighted by atomic mass is 10.0. The van der Waals surface area contributed by atoms with Crippen LogP contribution < -0.4 is 5.32 Å². The number of carbonyl (C=O) groups excluding carboxylic acids is 4. The van der Waals surface area contributed by atoms with Gasteiger partial charge in [0.1, 0.15) is 12.1 Å². The summed E-state index contributed by atoms with van der Waals surface area (Å²) in [5, 5.41) is 8.35. The number of aromatic nitrogens is 1. The number of aryl methyl sites for hydroxylation is 1. The van der Waals surface area contributed by atoms with Crippen LogP contribution >= 0.6 is 7.60 Å². The summed E-state index contributed by atoms with van der Waals surface area (Å²) >= 11 is 0. The summed E-state index contributed by atoms with van der Waals surface area (Å²) in [5.74, 6) is -4.30. The molecule has 16 heteroatoms. The minimum absolute atomic E-state index is 0.0113. The predicted octanol–water partition coefficient (Wildman–Crippen LogP) is 3.44. The summed E-state index contributed by atoms with van der Waals surface area (Å²) in [5.41, 5.74) is 1.28. The van der Waals surface area contributed by atoms with Crippen LogP contribution in [-0.2, 0) is 18.9 Å². The maximum absolute atomic E-state index is 14.6. The van der Waals surface area contributed by atoms with Crippen molar-refractivity contribution in [1.29, 1.82) is 0 Å². The lowest BCUT2D eigenvalue weighted by Crippen LogP contribution is -2.61. The molecule has 4 saturated heterocycles. The topological polar surface area (TPSA) is 183 Å². The lowest BCUT2D eigenvalue weighted by molar-refractivity contribution is -0.149. The van der Waals surface area contributed by atoms with E-state index in [1.165, 1.54) is 35.2 Å². The van der Waals surface area contributed by atoms with Gasteiger partial charge < -0.3 is 39.1 Å². The molecule has 14 nitrogen and oxygen atoms in total. The molecule has 5 heterocycles. The normalized spacial score (nSPS) is 25.3. The highest BCUT2D eigenvalue weighted by Crippen LogP contribution is 2.53. The number of amides is 4. The van der Waals surface area contributed by atoms with E-state index in [0.717, 1.165) is 12.0 Å². The molecule has 8 rings (SSSR count). The van der Waals surface area contributed by atoms with Crippen molar-refractivity contribution < 1.29 is 47.2 Å². The number of morpholine rings is 1. The van der Waals surface area contributed by atoms with E-state index in [1.54, 1.807) is 23.1 Å². The molecule has 3 aromatic carbocycles. The fourth-order valence-corrected chi connectivity index (χ4v) is 8.67. The molecule has 0 spiro atoms. The third-order valence-electron chi connectivity index (χ3n) is 10.8. The molecular formula is C36H37FN5O9P. The number of nitrogens with zero attached hydrogens (tertiary/aromatic N) is 4. The van der Waals surface area contributed by atoms with Gasteiger partial charge in [-0.25, -0.2) is 4.39 Å². The summed E-state index contributed by atoms with van der Waals surface area (Å²) in [6, 6.07) is 11.6. The smallest absolute Gasteiger partial charge is 0.363 e. The summed E-state index contributed by atoms with van der Waals surface area (Å²) < 4.78 is 37.3. The number of nitrogens with one attached hydrogen (secondary N) is 1. The van der Waals surface area contributed by atoms with Crippen LogP contribution in [-0.4, -0.2) is 110 Å². The number of halogens is 1. The molecule has 0 saturated carbocycles. The van der Waals surface area contributed by atoms with Gasteiger partial charge in [-0.3, -0.25) is 23.7 Å². The highest BCUT2D eigenvalue weighted by molar-refractivity contribution is 7.51. The molecule has 4 fully saturated rings. The number of alkyl halides is 1. The van der Waals surface area contributed by atoms with Gasteiger partial charge in [-0.05, 0) is 79.3 Å². The second kappa shape index (κ2) is 13.1. The fraction of sp³-hybridized carbons (Fsp3) is 0.417. The number of carbonyl (C=O) groups is 4. The van der Waals surface area contributed by atoms with Crippen LogP contribution in [0.1, 0.15) is 63.6 Å². The van der Waals surface area contributed by atoms with Gasteiger partial charge in [0.25, 0.3) is 11.8 Å². The van der Waals surface area contributed by atoms with Crippen molar-refractivity contribution in [2.75, 3.05) is 26.2 Å². The van der Waals surface area contributed by atoms with E-state index in [1.807, 2.05) is 17.9 Å². The minimum Gasteiger partial charge on any atom is -0.374 e. The second-order valence-electron chi connectivity index (χ2n) is 14.2. The number of ether oxygens (including phenoxy) is 1. The Hall–Kier alpha value is -4.69. The van der Waals surface area contributed by atoms with Crippen molar-refractivity contribution >= 4 is 53.0 Å². The van der Waals surface area contributed by atoms with Gasteiger partial charge in [0.2, 0.25) is 17.7 Å². The van der Waals surface area contributed by atoms with Gasteiger partial charge >= 0.3 is 7.60 Å². The van der Waals surface area contributed by atoms with Gasteiger partial charge in [-0.2, -0.15) is 0 Å². The Morgan fingerprint density at radius 2 is 1.81 bits per heavy atom. The number of rotatable bonds is 6. The first-order valence-corrected chi connectivity index (χ1v) is 19.0. The SMILES string of the molecule is Cc1ccc2onc(C(=O)N3CC[C@H]4CC[C@@H](C(=O)N5C[C@@H]6C[C@H]5CO6)N4C(=O)[C@@H](NC(=O)c4ccc5ccc(C(F)P(=O)(O)O)cc5c4)C3)c2c1. The average Bonchev–Trinajstić information content (AvgIpc) is 3.94. The Kier molecular flexibility index (Phi) is 8.64. The Balaban J connectivity index is 1.11. The van der Waals surface area contributed by atoms with Crippen molar-refractivity contribution in [1.82, 2.24) is 25.2 Å². The molecule has 4 aliphatic rings. The first kappa shape index (κ1) is 34.4. The highest BCUT2D eigenvalue weighted by Gasteiger charge is 2.50. The molecule has 4 aromatic rings. The van der Waals surface area contributed by atoms with E-state index in [9.17, 15) is 37.9 Å². The first-order chi connectivity index (χ1) is 24.9. The largest absolute Gasteiger partial charge is 0.374 e. The van der Waals surface area contributed by atoms with Crippen LogP contribution in [0.5, 0.6) is 0 Å². The van der Waals surface area contributed by atoms with Crippen LogP contribution in [0.2, 0.25) is 0 Å². The molecule has 2 bridgehead atoms. The van der Waals surface area contributed by atoms with Gasteiger partial charge in [-0.15, -0.1) is 0 Å². The molecule has 1 aromatic heterocycles. The molecule has 0 aliphatic carbocycles. The Bertz CT molecular complexity index is 2170. The Labute approximate surface area is 297 Å². The van der Waals surface area contributed by atoms with E-state index in [4.69, 9.17) is 9.26 Å². The first-order valence-electron chi connectivity index (χ1n) is 17.3. The van der Waals surface area contributed by atoms with Crippen molar-refractivity contribution in [2.24, 2.45) is 0 Å². The third-order valence-corrected chi connectivity index (χ3v) is 11.7. The summed E-state index contributed by atoms with van der Waals surface area (Å²) in [6.07, 6.45) is 2.17. The number of hydrogen-bond acceptors (Lipinski definition) is 8. The van der Waals surface area contributed by atoms with Crippen molar-refractivity contribution in [3.05, 3.63) is 77.0 Å². The molecule has 4 aliphatic heterocycles. The maximum Gasteiger partial charge on any atom is 0.363 e. The second-order valence-corrected chi connectivity index (χ2v) is 15.8. The van der Waals surface area contributed by atoms with E-state index >= 15 is 0 Å². The molecular weight excluding hydrogens is 696 g/mol. The van der Waals surface area contributed by atoms with Gasteiger partial charge in [-0.1, -0.05) is 35.0 Å². The highest BCUT2D eigenvalue weighted by atomic mass is 31.2. The van der Waals surface area contributed by atoms with Crippen molar-refractivity contribution in [3.8, 4) is 0 Å². The van der Waals surface area contributed by atoms with Crippen LogP contribution in [0.4, 0.5) is 4.39 Å². The van der Waals surface area contributed by atoms with Crippen LogP contribution in [0.3, 0.4) is 0 Å². The average molecular weight is 734 g/mol. The number of likely N-dealkylation sites (tertiary alicyclic amines) is 1. The molecule has 272 valence electrons. The Morgan fingerprint density at radius 3 is 2.56 bits per heavy atom. The summed E-state index contributed by atoms with van der Waals surface area (Å²) in [7, 11) is -5.07. The molecule has 0 radical (unpaired) electrons. The predicted molar refractivity (Wildman–Crippen MR) is 184 cm³/mol. The monoisotopic (exact) mass is 733 g/mol. The lowest BCUT2D eigenvalue weighted by Gasteiger charge is -2.40. The zero-order valence-corrected chi connectivity index (χ0v) is 29.1.